The molecule has 0 aliphatic carbocycles. The van der Waals surface area contributed by atoms with Crippen LogP contribution < -0.4 is 0 Å². The van der Waals surface area contributed by atoms with Gasteiger partial charge in [0.1, 0.15) is 24.4 Å². The smallest absolute Gasteiger partial charge is 0.135 e. The van der Waals surface area contributed by atoms with E-state index in [2.05, 4.69) is 304 Å². The van der Waals surface area contributed by atoms with Crippen LogP contribution in [0.5, 0.6) is 0 Å². The number of hydrogen-bond acceptors (Lipinski definition) is 12. The molecule has 7 aromatic carbocycles. The topological polar surface area (TPSA) is 168 Å². The molecule has 0 spiro atoms. The first-order valence-electron chi connectivity index (χ1n) is 36.2. The minimum absolute atomic E-state index is 0. The van der Waals surface area contributed by atoms with Crippen LogP contribution in [0.1, 0.15) is 96.5 Å². The third-order valence-corrected chi connectivity index (χ3v) is 20.9. The number of nitrogens with zero attached hydrogens (tertiary/aromatic N) is 18. The average Bonchev–Trinajstić information content (AvgIpc) is 1.62. The Balaban J connectivity index is 0.000000158. The standard InChI is InChI=1S/C25H25N2S.C24H21N6S.C21H19N4.C19H19N6.4Ir/c1-6-22-19(5)26-25(27(22)24-17(3)10-8-11-18(24)4)21-14-23(28-15-21)20-12-7-9-16(2)13-20;1-15-7-5-8-16(2)21(15)29-14-26-28-24(29)20-11-19(12-31-20)23-25-13-27-30(23)22-17(3)9-6-10-18(22)4;1-15-6-4-9-18(12-15)19-13-24(14-23-19)21-22-10-11-25(21)20-16(2)7-5-8-17(20)3;1-13-6-5-7-14(2)19(13)25-18(24-11-9-16(4)21-24)12-17(22-25)23-10-8-15(3)20-23;;;;/h7-13,15H,6H2,1-5H3;5-10,12-14H,1-4H3;4-12,14H,1-3H3;5-11H,1-4H3;;;;/q4*-1;;;;. The van der Waals surface area contributed by atoms with Crippen LogP contribution in [0.2, 0.25) is 0 Å². The molecule has 0 bridgehead atoms. The zero-order valence-electron chi connectivity index (χ0n) is 65.5. The van der Waals surface area contributed by atoms with E-state index in [1.807, 2.05) is 80.6 Å². The molecule has 113 heavy (non-hydrogen) atoms. The van der Waals surface area contributed by atoms with Gasteiger partial charge in [0.2, 0.25) is 0 Å². The van der Waals surface area contributed by atoms with Crippen molar-refractivity contribution in [3.63, 3.8) is 0 Å². The number of para-hydroxylation sites is 5. The molecule has 10 heterocycles. The normalized spacial score (nSPS) is 10.8. The van der Waals surface area contributed by atoms with Crippen molar-refractivity contribution in [2.24, 2.45) is 0 Å². The van der Waals surface area contributed by atoms with E-state index in [1.54, 1.807) is 57.2 Å². The predicted octanol–water partition coefficient (Wildman–Crippen LogP) is 19.9. The van der Waals surface area contributed by atoms with Crippen LogP contribution in [0.4, 0.5) is 0 Å². The van der Waals surface area contributed by atoms with Crippen molar-refractivity contribution in [1.29, 1.82) is 0 Å². The van der Waals surface area contributed by atoms with E-state index in [9.17, 15) is 0 Å². The molecule has 18 nitrogen and oxygen atoms in total. The van der Waals surface area contributed by atoms with Gasteiger partial charge >= 0.3 is 0 Å². The molecule has 0 saturated heterocycles. The van der Waals surface area contributed by atoms with Crippen molar-refractivity contribution < 1.29 is 80.4 Å². The van der Waals surface area contributed by atoms with Crippen LogP contribution >= 0.6 is 22.7 Å². The second kappa shape index (κ2) is 37.4. The van der Waals surface area contributed by atoms with E-state index in [0.717, 1.165) is 130 Å². The molecule has 0 aliphatic rings. The van der Waals surface area contributed by atoms with E-state index >= 15 is 0 Å². The maximum atomic E-state index is 4.97. The first-order chi connectivity index (χ1) is 52.7. The number of aromatic nitrogens is 18. The molecule has 582 valence electrons. The summed E-state index contributed by atoms with van der Waals surface area (Å²) in [4.78, 5) is 20.6. The fraction of sp³-hybridized carbons (Fsp3) is 0.191. The van der Waals surface area contributed by atoms with Crippen LogP contribution in [-0.4, -0.2) is 87.5 Å². The minimum atomic E-state index is 0. The summed E-state index contributed by atoms with van der Waals surface area (Å²) in [5, 5.41) is 31.1. The molecule has 0 unspecified atom stereocenters. The summed E-state index contributed by atoms with van der Waals surface area (Å²) in [7, 11) is 0. The number of hydrogen-bond donors (Lipinski definition) is 0. The van der Waals surface area contributed by atoms with Crippen LogP contribution in [-0.2, 0) is 86.8 Å². The van der Waals surface area contributed by atoms with Crippen molar-refractivity contribution in [2.45, 2.75) is 117 Å². The summed E-state index contributed by atoms with van der Waals surface area (Å²) < 4.78 is 15.6. The second-order valence-electron chi connectivity index (χ2n) is 27.5. The van der Waals surface area contributed by atoms with Crippen molar-refractivity contribution >= 4 is 22.7 Å². The molecule has 17 aromatic rings. The predicted molar refractivity (Wildman–Crippen MR) is 437 cm³/mol. The van der Waals surface area contributed by atoms with Gasteiger partial charge in [-0.15, -0.1) is 17.2 Å². The second-order valence-corrected chi connectivity index (χ2v) is 29.2. The molecule has 0 atom stereocenters. The molecular weight excluding hydrogens is 2150 g/mol. The van der Waals surface area contributed by atoms with Crippen molar-refractivity contribution in [2.75, 3.05) is 0 Å². The summed E-state index contributed by atoms with van der Waals surface area (Å²) in [6, 6.07) is 62.7. The van der Waals surface area contributed by atoms with Gasteiger partial charge in [-0.1, -0.05) is 195 Å². The SMILES string of the molecule is CCc1c(C)nc(-c2[c-]c(-c3cccc(C)c3)sc2)n1-c1c(C)cccc1C.Cc1cccc(-c2[c-]n(-c3nccn3-c3c(C)cccc3C)cn2)c1.Cc1cccc(C)c1-n1cnnc1-c1[c-]c(-c2ncnn2-c2c(C)cccc2C)cs1.Cc1ccn(-c2[c-]c(-n3ccc(C)n3)n(-c3c(C)cccc3C)n2)n1.[Ir].[Ir].[Ir].[Ir]. The molecule has 17 rings (SSSR count). The Kier molecular flexibility index (Phi) is 28.3. The molecule has 0 amide bonds. The quantitative estimate of drug-likeness (QED) is 0.0955. The molecule has 10 aromatic heterocycles. The summed E-state index contributed by atoms with van der Waals surface area (Å²) in [6.45, 7) is 33.6. The maximum Gasteiger partial charge on any atom is 0.135 e. The van der Waals surface area contributed by atoms with Gasteiger partial charge in [-0.25, -0.2) is 22.7 Å². The van der Waals surface area contributed by atoms with Gasteiger partial charge in [-0.05, 0) is 201 Å². The minimum Gasteiger partial charge on any atom is -0.396 e. The molecule has 0 saturated carbocycles. The first-order valence-corrected chi connectivity index (χ1v) is 37.9. The molecule has 0 fully saturated rings. The third kappa shape index (κ3) is 18.2. The van der Waals surface area contributed by atoms with Crippen LogP contribution in [0.15, 0.2) is 206 Å². The zero-order valence-corrected chi connectivity index (χ0v) is 76.8. The van der Waals surface area contributed by atoms with Gasteiger partial charge in [-0.2, -0.15) is 25.5 Å². The summed E-state index contributed by atoms with van der Waals surface area (Å²) in [5.74, 6) is 4.70. The van der Waals surface area contributed by atoms with Crippen molar-refractivity contribution in [3.05, 3.63) is 320 Å². The summed E-state index contributed by atoms with van der Waals surface area (Å²) in [6.07, 6.45) is 17.0. The molecular formula is C89H84Ir4N18S2-4. The Hall–Kier alpha value is -9.92. The Morgan fingerprint density at radius 3 is 1.46 bits per heavy atom. The van der Waals surface area contributed by atoms with E-state index < -0.39 is 0 Å². The molecule has 0 aliphatic heterocycles. The Labute approximate surface area is 722 Å². The largest absolute Gasteiger partial charge is 0.396 e. The van der Waals surface area contributed by atoms with Gasteiger partial charge in [0.25, 0.3) is 0 Å². The van der Waals surface area contributed by atoms with Gasteiger partial charge in [0.15, 0.2) is 0 Å². The fourth-order valence-electron chi connectivity index (χ4n) is 14.0. The Bertz CT molecular complexity index is 5920. The fourth-order valence-corrected chi connectivity index (χ4v) is 15.6. The molecule has 4 radical (unpaired) electrons. The van der Waals surface area contributed by atoms with Gasteiger partial charge in [-0.3, -0.25) is 33.7 Å². The Morgan fingerprint density at radius 2 is 0.912 bits per heavy atom. The number of thiophene rings is 2. The van der Waals surface area contributed by atoms with Gasteiger partial charge in [0.05, 0.1) is 34.4 Å². The molecule has 24 heteroatoms. The maximum absolute atomic E-state index is 4.97. The number of benzene rings is 7. The van der Waals surface area contributed by atoms with E-state index in [0.29, 0.717) is 5.82 Å². The van der Waals surface area contributed by atoms with E-state index in [1.165, 1.54) is 61.5 Å². The van der Waals surface area contributed by atoms with Gasteiger partial charge < -0.3 is 29.3 Å². The van der Waals surface area contributed by atoms with Crippen LogP contribution in [0, 0.1) is 128 Å². The van der Waals surface area contributed by atoms with Gasteiger partial charge in [0, 0.05) is 146 Å². The van der Waals surface area contributed by atoms with Crippen molar-refractivity contribution in [3.8, 4) is 101 Å². The van der Waals surface area contributed by atoms with Crippen LogP contribution in [0.25, 0.3) is 101 Å². The van der Waals surface area contributed by atoms with E-state index in [4.69, 9.17) is 10.1 Å². The molecule has 0 N–H and O–H groups in total. The number of imidazole rings is 3. The monoisotopic (exact) mass is 2240 g/mol. The zero-order chi connectivity index (χ0) is 76.3. The van der Waals surface area contributed by atoms with E-state index in [-0.39, 0.29) is 80.4 Å². The third-order valence-electron chi connectivity index (χ3n) is 19.1. The number of aryl methyl sites for hydroxylation is 15. The average molecular weight is 2240 g/mol. The first kappa shape index (κ1) is 85.5. The van der Waals surface area contributed by atoms with Crippen LogP contribution in [0.3, 0.4) is 0 Å². The number of rotatable bonds is 14. The summed E-state index contributed by atoms with van der Waals surface area (Å²) in [5.41, 5.74) is 29.2. The Morgan fingerprint density at radius 1 is 0.425 bits per heavy atom. The van der Waals surface area contributed by atoms with Crippen molar-refractivity contribution in [1.82, 2.24) is 87.5 Å². The summed E-state index contributed by atoms with van der Waals surface area (Å²) >= 11 is 3.31.